The molecule has 0 heterocycles. The van der Waals surface area contributed by atoms with Crippen molar-refractivity contribution in [1.82, 2.24) is 4.72 Å². The van der Waals surface area contributed by atoms with E-state index < -0.39 is 21.7 Å². The summed E-state index contributed by atoms with van der Waals surface area (Å²) >= 11 is 0. The van der Waals surface area contributed by atoms with Crippen LogP contribution >= 0.6 is 0 Å². The Labute approximate surface area is 158 Å². The van der Waals surface area contributed by atoms with Crippen molar-refractivity contribution in [2.75, 3.05) is 12.4 Å². The molecule has 146 valence electrons. The number of carbonyl (C=O) groups excluding carboxylic acids is 1. The maximum Gasteiger partial charge on any atom is 0.258 e. The third kappa shape index (κ3) is 5.27. The average Bonchev–Trinajstić information content (AvgIpc) is 2.61. The van der Waals surface area contributed by atoms with E-state index in [-0.39, 0.29) is 27.9 Å². The van der Waals surface area contributed by atoms with Crippen molar-refractivity contribution < 1.29 is 22.3 Å². The molecule has 1 atom stereocenters. The lowest BCUT2D eigenvalue weighted by molar-refractivity contribution is 0.102. The second-order valence-electron chi connectivity index (χ2n) is 6.11. The molecule has 0 saturated heterocycles. The van der Waals surface area contributed by atoms with Crippen molar-refractivity contribution >= 4 is 21.6 Å². The van der Waals surface area contributed by atoms with E-state index in [0.717, 1.165) is 6.42 Å². The quantitative estimate of drug-likeness (QED) is 0.717. The van der Waals surface area contributed by atoms with Gasteiger partial charge in [-0.2, -0.15) is 0 Å². The van der Waals surface area contributed by atoms with E-state index in [9.17, 15) is 17.6 Å². The maximum atomic E-state index is 13.8. The summed E-state index contributed by atoms with van der Waals surface area (Å²) in [6.07, 6.45) is 1.54. The number of benzene rings is 2. The molecule has 0 radical (unpaired) electrons. The van der Waals surface area contributed by atoms with Gasteiger partial charge in [0.25, 0.3) is 5.91 Å². The van der Waals surface area contributed by atoms with Gasteiger partial charge in [-0.3, -0.25) is 4.79 Å². The molecular weight excluding hydrogens is 371 g/mol. The summed E-state index contributed by atoms with van der Waals surface area (Å²) in [6.45, 7) is 3.75. The van der Waals surface area contributed by atoms with Crippen LogP contribution < -0.4 is 14.8 Å². The second-order valence-corrected chi connectivity index (χ2v) is 7.82. The highest BCUT2D eigenvalue weighted by Crippen LogP contribution is 2.28. The highest BCUT2D eigenvalue weighted by Gasteiger charge is 2.20. The fourth-order valence-corrected chi connectivity index (χ4v) is 3.92. The Bertz CT molecular complexity index is 916. The zero-order valence-electron chi connectivity index (χ0n) is 15.5. The summed E-state index contributed by atoms with van der Waals surface area (Å²) in [6, 6.07) is 9.42. The smallest absolute Gasteiger partial charge is 0.258 e. The van der Waals surface area contributed by atoms with Crippen molar-refractivity contribution in [3.05, 3.63) is 53.8 Å². The first-order valence-corrected chi connectivity index (χ1v) is 10.0. The summed E-state index contributed by atoms with van der Waals surface area (Å²) in [7, 11) is -2.38. The first-order valence-electron chi connectivity index (χ1n) is 8.54. The number of nitrogens with one attached hydrogen (secondary N) is 2. The number of halogens is 1. The number of methoxy groups -OCH3 is 1. The van der Waals surface area contributed by atoms with E-state index in [1.807, 2.05) is 6.92 Å². The van der Waals surface area contributed by atoms with Gasteiger partial charge in [0.1, 0.15) is 11.6 Å². The van der Waals surface area contributed by atoms with Gasteiger partial charge < -0.3 is 10.1 Å². The Morgan fingerprint density at radius 1 is 1.22 bits per heavy atom. The summed E-state index contributed by atoms with van der Waals surface area (Å²) in [5.74, 6) is -1.11. The number of anilines is 1. The van der Waals surface area contributed by atoms with Crippen LogP contribution in [0.1, 0.15) is 37.0 Å². The molecule has 0 fully saturated rings. The number of carbonyl (C=O) groups is 1. The Morgan fingerprint density at radius 3 is 2.56 bits per heavy atom. The first-order chi connectivity index (χ1) is 12.8. The van der Waals surface area contributed by atoms with Crippen LogP contribution in [0.15, 0.2) is 47.4 Å². The molecule has 2 N–H and O–H groups in total. The SMILES string of the molecule is CCCC(C)NS(=O)(=O)c1ccc(OC)c(NC(=O)c2ccccc2F)c1. The fraction of sp³-hybridized carbons (Fsp3) is 0.316. The van der Waals surface area contributed by atoms with Crippen molar-refractivity contribution in [2.24, 2.45) is 0 Å². The molecular formula is C19H23FN2O4S. The van der Waals surface area contributed by atoms with Gasteiger partial charge in [0.15, 0.2) is 0 Å². The largest absolute Gasteiger partial charge is 0.495 e. The summed E-state index contributed by atoms with van der Waals surface area (Å²) in [5, 5.41) is 2.51. The molecule has 6 nitrogen and oxygen atoms in total. The van der Waals surface area contributed by atoms with Crippen LogP contribution in [0.2, 0.25) is 0 Å². The normalized spacial score (nSPS) is 12.4. The van der Waals surface area contributed by atoms with Gasteiger partial charge in [-0.1, -0.05) is 25.5 Å². The van der Waals surface area contributed by atoms with Crippen LogP contribution in [-0.4, -0.2) is 27.5 Å². The van der Waals surface area contributed by atoms with Gasteiger partial charge in [-0.15, -0.1) is 0 Å². The number of hydrogen-bond donors (Lipinski definition) is 2. The molecule has 2 aromatic carbocycles. The maximum absolute atomic E-state index is 13.8. The summed E-state index contributed by atoms with van der Waals surface area (Å²) in [4.78, 5) is 12.3. The van der Waals surface area contributed by atoms with Gasteiger partial charge in [-0.25, -0.2) is 17.5 Å². The lowest BCUT2D eigenvalue weighted by Gasteiger charge is -2.16. The van der Waals surface area contributed by atoms with Crippen molar-refractivity contribution in [1.29, 1.82) is 0 Å². The standard InChI is InChI=1S/C19H23FN2O4S/c1-4-7-13(2)22-27(24,25)14-10-11-18(26-3)17(12-14)21-19(23)15-8-5-6-9-16(15)20/h5-6,8-13,22H,4,7H2,1-3H3,(H,21,23). The molecule has 0 saturated carbocycles. The average molecular weight is 394 g/mol. The zero-order valence-corrected chi connectivity index (χ0v) is 16.3. The van der Waals surface area contributed by atoms with Crippen LogP contribution in [0.25, 0.3) is 0 Å². The number of amides is 1. The topological polar surface area (TPSA) is 84.5 Å². The van der Waals surface area contributed by atoms with Crippen molar-refractivity contribution in [2.45, 2.75) is 37.6 Å². The minimum atomic E-state index is -3.77. The van der Waals surface area contributed by atoms with Gasteiger partial charge in [0.05, 0.1) is 23.3 Å². The zero-order chi connectivity index (χ0) is 20.0. The molecule has 0 spiro atoms. The predicted octanol–water partition coefficient (Wildman–Crippen LogP) is 3.55. The molecule has 2 rings (SSSR count). The van der Waals surface area contributed by atoms with Gasteiger partial charge in [-0.05, 0) is 43.7 Å². The Morgan fingerprint density at radius 2 is 1.93 bits per heavy atom. The van der Waals surface area contributed by atoms with Crippen molar-refractivity contribution in [3.8, 4) is 5.75 Å². The second kappa shape index (κ2) is 8.96. The molecule has 1 amide bonds. The first kappa shape index (κ1) is 20.9. The number of rotatable bonds is 8. The molecule has 2 aromatic rings. The Balaban J connectivity index is 2.32. The van der Waals surface area contributed by atoms with Gasteiger partial charge >= 0.3 is 0 Å². The van der Waals surface area contributed by atoms with Crippen LogP contribution in [0, 0.1) is 5.82 Å². The Kier molecular flexibility index (Phi) is 6.92. The third-order valence-electron chi connectivity index (χ3n) is 3.93. The molecule has 0 aliphatic rings. The van der Waals surface area contributed by atoms with Crippen LogP contribution in [0.3, 0.4) is 0 Å². The lowest BCUT2D eigenvalue weighted by Crippen LogP contribution is -2.32. The minimum absolute atomic E-state index is 0.0184. The van der Waals surface area contributed by atoms with E-state index in [1.165, 1.54) is 49.6 Å². The number of ether oxygens (including phenoxy) is 1. The Hall–Kier alpha value is -2.45. The fourth-order valence-electron chi connectivity index (χ4n) is 2.61. The van der Waals surface area contributed by atoms with E-state index in [4.69, 9.17) is 4.74 Å². The van der Waals surface area contributed by atoms with Gasteiger partial charge in [0.2, 0.25) is 10.0 Å². The molecule has 1 unspecified atom stereocenters. The van der Waals surface area contributed by atoms with E-state index in [2.05, 4.69) is 10.0 Å². The molecule has 27 heavy (non-hydrogen) atoms. The van der Waals surface area contributed by atoms with Gasteiger partial charge in [0, 0.05) is 6.04 Å². The predicted molar refractivity (Wildman–Crippen MR) is 102 cm³/mol. The third-order valence-corrected chi connectivity index (χ3v) is 5.51. The van der Waals surface area contributed by atoms with Crippen LogP contribution in [0.4, 0.5) is 10.1 Å². The number of hydrogen-bond acceptors (Lipinski definition) is 4. The lowest BCUT2D eigenvalue weighted by atomic mass is 10.2. The molecule has 0 aliphatic carbocycles. The molecule has 0 bridgehead atoms. The summed E-state index contributed by atoms with van der Waals surface area (Å²) in [5.41, 5.74) is -0.0146. The summed E-state index contributed by atoms with van der Waals surface area (Å²) < 4.78 is 46.7. The molecule has 0 aromatic heterocycles. The highest BCUT2D eigenvalue weighted by atomic mass is 32.2. The molecule has 0 aliphatic heterocycles. The van der Waals surface area contributed by atoms with E-state index in [1.54, 1.807) is 6.92 Å². The van der Waals surface area contributed by atoms with E-state index >= 15 is 0 Å². The van der Waals surface area contributed by atoms with Crippen LogP contribution in [0.5, 0.6) is 5.75 Å². The highest BCUT2D eigenvalue weighted by molar-refractivity contribution is 7.89. The monoisotopic (exact) mass is 394 g/mol. The minimum Gasteiger partial charge on any atom is -0.495 e. The molecule has 8 heteroatoms. The number of sulfonamides is 1. The van der Waals surface area contributed by atoms with Crippen molar-refractivity contribution in [3.63, 3.8) is 0 Å². The van der Waals surface area contributed by atoms with E-state index in [0.29, 0.717) is 6.42 Å². The van der Waals surface area contributed by atoms with Crippen LogP contribution in [-0.2, 0) is 10.0 Å².